The molecule has 32 heavy (non-hydrogen) atoms. The van der Waals surface area contributed by atoms with Gasteiger partial charge in [0.05, 0.1) is 38.6 Å². The Kier molecular flexibility index (Phi) is 9.49. The molecule has 0 aromatic heterocycles. The standard InChI is InChI=1S/C23H33N3O6/c1-5-32-23(30)18-7-6-12-26(14-18)22(29)15-25(3)21(28)13-20(24-16(2)27)17-8-10-19(31-4)11-9-17/h8-11,18,20H,5-7,12-15H2,1-4H3,(H,24,27). The first-order valence-corrected chi connectivity index (χ1v) is 10.8. The predicted molar refractivity (Wildman–Crippen MR) is 118 cm³/mol. The molecule has 2 atom stereocenters. The summed E-state index contributed by atoms with van der Waals surface area (Å²) in [5, 5.41) is 2.79. The molecule has 1 aromatic rings. The highest BCUT2D eigenvalue weighted by molar-refractivity contribution is 5.86. The first-order valence-electron chi connectivity index (χ1n) is 10.8. The molecule has 3 amide bonds. The third kappa shape index (κ3) is 7.25. The number of hydrogen-bond donors (Lipinski definition) is 1. The van der Waals surface area contributed by atoms with Crippen LogP contribution in [-0.4, -0.2) is 73.9 Å². The molecule has 0 spiro atoms. The van der Waals surface area contributed by atoms with Crippen molar-refractivity contribution in [2.45, 2.75) is 39.2 Å². The van der Waals surface area contributed by atoms with Crippen LogP contribution in [0.5, 0.6) is 5.75 Å². The average Bonchev–Trinajstić information content (AvgIpc) is 2.78. The number of esters is 1. The van der Waals surface area contributed by atoms with Crippen LogP contribution in [0.25, 0.3) is 0 Å². The van der Waals surface area contributed by atoms with Gasteiger partial charge in [-0.1, -0.05) is 12.1 Å². The Morgan fingerprint density at radius 3 is 2.50 bits per heavy atom. The molecule has 176 valence electrons. The summed E-state index contributed by atoms with van der Waals surface area (Å²) in [6.07, 6.45) is 1.42. The van der Waals surface area contributed by atoms with Crippen molar-refractivity contribution in [3.63, 3.8) is 0 Å². The lowest BCUT2D eigenvalue weighted by atomic mass is 9.98. The molecule has 1 aromatic carbocycles. The van der Waals surface area contributed by atoms with Crippen LogP contribution in [0.3, 0.4) is 0 Å². The molecule has 0 aliphatic carbocycles. The number of rotatable bonds is 9. The van der Waals surface area contributed by atoms with Gasteiger partial charge in [0.1, 0.15) is 5.75 Å². The van der Waals surface area contributed by atoms with Crippen LogP contribution in [0.4, 0.5) is 0 Å². The fourth-order valence-electron chi connectivity index (χ4n) is 3.71. The molecule has 1 fully saturated rings. The van der Waals surface area contributed by atoms with Crippen LogP contribution in [0.15, 0.2) is 24.3 Å². The normalized spacial score (nSPS) is 16.6. The van der Waals surface area contributed by atoms with Crippen molar-refractivity contribution in [3.8, 4) is 5.75 Å². The number of amides is 3. The van der Waals surface area contributed by atoms with Crippen LogP contribution in [0.2, 0.25) is 0 Å². The number of nitrogens with zero attached hydrogens (tertiary/aromatic N) is 2. The topological polar surface area (TPSA) is 105 Å². The highest BCUT2D eigenvalue weighted by atomic mass is 16.5. The first kappa shape index (κ1) is 25.2. The molecular weight excluding hydrogens is 414 g/mol. The molecule has 1 aliphatic heterocycles. The molecule has 0 radical (unpaired) electrons. The molecule has 1 saturated heterocycles. The maximum atomic E-state index is 12.8. The third-order valence-corrected chi connectivity index (χ3v) is 5.47. The summed E-state index contributed by atoms with van der Waals surface area (Å²) in [6, 6.07) is 6.59. The van der Waals surface area contributed by atoms with Gasteiger partial charge in [-0.15, -0.1) is 0 Å². The monoisotopic (exact) mass is 447 g/mol. The molecule has 9 nitrogen and oxygen atoms in total. The summed E-state index contributed by atoms with van der Waals surface area (Å²) in [6.45, 7) is 4.22. The number of hydrogen-bond acceptors (Lipinski definition) is 6. The zero-order valence-corrected chi connectivity index (χ0v) is 19.3. The van der Waals surface area contributed by atoms with Crippen molar-refractivity contribution >= 4 is 23.7 Å². The molecule has 2 rings (SSSR count). The summed E-state index contributed by atoms with van der Waals surface area (Å²) in [7, 11) is 3.12. The fourth-order valence-corrected chi connectivity index (χ4v) is 3.71. The molecule has 1 aliphatic rings. The van der Waals surface area contributed by atoms with Gasteiger partial charge in [0, 0.05) is 27.1 Å². The third-order valence-electron chi connectivity index (χ3n) is 5.47. The van der Waals surface area contributed by atoms with Gasteiger partial charge in [-0.05, 0) is 37.5 Å². The quantitative estimate of drug-likeness (QED) is 0.576. The van der Waals surface area contributed by atoms with E-state index in [-0.39, 0.29) is 42.6 Å². The molecular formula is C23H33N3O6. The minimum atomic E-state index is -0.522. The molecule has 1 heterocycles. The van der Waals surface area contributed by atoms with Gasteiger partial charge in [0.25, 0.3) is 0 Å². The van der Waals surface area contributed by atoms with Crippen molar-refractivity contribution in [2.75, 3.05) is 40.4 Å². The second-order valence-corrected chi connectivity index (χ2v) is 7.91. The molecule has 2 unspecified atom stereocenters. The van der Waals surface area contributed by atoms with E-state index in [1.54, 1.807) is 50.2 Å². The van der Waals surface area contributed by atoms with E-state index in [1.165, 1.54) is 11.8 Å². The lowest BCUT2D eigenvalue weighted by molar-refractivity contribution is -0.152. The lowest BCUT2D eigenvalue weighted by Crippen LogP contribution is -2.47. The number of benzene rings is 1. The Balaban J connectivity index is 1.97. The summed E-state index contributed by atoms with van der Waals surface area (Å²) < 4.78 is 10.2. The minimum Gasteiger partial charge on any atom is -0.497 e. The maximum Gasteiger partial charge on any atom is 0.310 e. The van der Waals surface area contributed by atoms with Crippen molar-refractivity contribution in [1.29, 1.82) is 0 Å². The lowest BCUT2D eigenvalue weighted by Gasteiger charge is -2.33. The number of carbonyl (C=O) groups is 4. The van der Waals surface area contributed by atoms with Crippen LogP contribution in [0, 0.1) is 5.92 Å². The van der Waals surface area contributed by atoms with Crippen LogP contribution >= 0.6 is 0 Å². The number of nitrogens with one attached hydrogen (secondary N) is 1. The highest BCUT2D eigenvalue weighted by Gasteiger charge is 2.30. The second-order valence-electron chi connectivity index (χ2n) is 7.91. The van der Waals surface area contributed by atoms with E-state index in [2.05, 4.69) is 5.32 Å². The fraction of sp³-hybridized carbons (Fsp3) is 0.565. The molecule has 9 heteroatoms. The van der Waals surface area contributed by atoms with Gasteiger partial charge in [-0.3, -0.25) is 19.2 Å². The number of carbonyl (C=O) groups excluding carboxylic acids is 4. The van der Waals surface area contributed by atoms with Crippen molar-refractivity contribution in [1.82, 2.24) is 15.1 Å². The predicted octanol–water partition coefficient (Wildman–Crippen LogP) is 1.52. The Labute approximate surface area is 189 Å². The number of ether oxygens (including phenoxy) is 2. The summed E-state index contributed by atoms with van der Waals surface area (Å²) in [5.74, 6) is -0.676. The Bertz CT molecular complexity index is 810. The minimum absolute atomic E-state index is 0.0150. The van der Waals surface area contributed by atoms with Crippen molar-refractivity contribution < 1.29 is 28.7 Å². The highest BCUT2D eigenvalue weighted by Crippen LogP contribution is 2.22. The van der Waals surface area contributed by atoms with E-state index in [0.29, 0.717) is 31.9 Å². The largest absolute Gasteiger partial charge is 0.497 e. The average molecular weight is 448 g/mol. The molecule has 0 bridgehead atoms. The summed E-state index contributed by atoms with van der Waals surface area (Å²) in [5.41, 5.74) is 0.766. The summed E-state index contributed by atoms with van der Waals surface area (Å²) in [4.78, 5) is 52.2. The van der Waals surface area contributed by atoms with E-state index in [0.717, 1.165) is 12.0 Å². The number of likely N-dealkylation sites (N-methyl/N-ethyl adjacent to an activating group) is 1. The smallest absolute Gasteiger partial charge is 0.310 e. The number of likely N-dealkylation sites (tertiary alicyclic amines) is 1. The molecule has 0 saturated carbocycles. The zero-order valence-electron chi connectivity index (χ0n) is 19.3. The SMILES string of the molecule is CCOC(=O)C1CCCN(C(=O)CN(C)C(=O)CC(NC(C)=O)c2ccc(OC)cc2)C1. The van der Waals surface area contributed by atoms with E-state index >= 15 is 0 Å². The van der Waals surface area contributed by atoms with Crippen molar-refractivity contribution in [2.24, 2.45) is 5.92 Å². The van der Waals surface area contributed by atoms with Gasteiger partial charge in [-0.2, -0.15) is 0 Å². The van der Waals surface area contributed by atoms with Crippen LogP contribution < -0.4 is 10.1 Å². The van der Waals surface area contributed by atoms with Gasteiger partial charge >= 0.3 is 5.97 Å². The zero-order chi connectivity index (χ0) is 23.7. The Morgan fingerprint density at radius 2 is 1.91 bits per heavy atom. The summed E-state index contributed by atoms with van der Waals surface area (Å²) >= 11 is 0. The Morgan fingerprint density at radius 1 is 1.22 bits per heavy atom. The van der Waals surface area contributed by atoms with Crippen LogP contribution in [-0.2, 0) is 23.9 Å². The van der Waals surface area contributed by atoms with Gasteiger partial charge in [0.2, 0.25) is 17.7 Å². The molecule has 1 N–H and O–H groups in total. The second kappa shape index (κ2) is 12.1. The van der Waals surface area contributed by atoms with Crippen molar-refractivity contribution in [3.05, 3.63) is 29.8 Å². The maximum absolute atomic E-state index is 12.8. The first-order chi connectivity index (χ1) is 15.2. The van der Waals surface area contributed by atoms with E-state index in [1.807, 2.05) is 0 Å². The van der Waals surface area contributed by atoms with Gasteiger partial charge < -0.3 is 24.6 Å². The Hall–Kier alpha value is -3.10. The van der Waals surface area contributed by atoms with E-state index in [9.17, 15) is 19.2 Å². The van der Waals surface area contributed by atoms with Gasteiger partial charge in [-0.25, -0.2) is 0 Å². The van der Waals surface area contributed by atoms with E-state index < -0.39 is 6.04 Å². The number of piperidine rings is 1. The van der Waals surface area contributed by atoms with Gasteiger partial charge in [0.15, 0.2) is 0 Å². The number of methoxy groups -OCH3 is 1. The van der Waals surface area contributed by atoms with E-state index in [4.69, 9.17) is 9.47 Å². The van der Waals surface area contributed by atoms with Crippen LogP contribution in [0.1, 0.15) is 44.7 Å².